The molecule has 0 radical (unpaired) electrons. The van der Waals surface area contributed by atoms with E-state index in [0.717, 1.165) is 48.8 Å². The van der Waals surface area contributed by atoms with E-state index in [1.807, 2.05) is 30.3 Å². The molecule has 31 heavy (non-hydrogen) atoms. The lowest BCUT2D eigenvalue weighted by Crippen LogP contribution is -2.46. The van der Waals surface area contributed by atoms with Crippen molar-refractivity contribution in [3.63, 3.8) is 0 Å². The van der Waals surface area contributed by atoms with Crippen molar-refractivity contribution in [3.8, 4) is 17.2 Å². The fourth-order valence-corrected chi connectivity index (χ4v) is 5.75. The molecule has 2 bridgehead atoms. The van der Waals surface area contributed by atoms with Crippen molar-refractivity contribution < 1.29 is 4.79 Å². The van der Waals surface area contributed by atoms with Crippen LogP contribution in [0.1, 0.15) is 48.0 Å². The number of nitriles is 1. The highest BCUT2D eigenvalue weighted by atomic mass is 35.5. The Morgan fingerprint density at radius 3 is 2.65 bits per heavy atom. The monoisotopic (exact) mass is 450 g/mol. The van der Waals surface area contributed by atoms with Crippen molar-refractivity contribution >= 4 is 34.8 Å². The molecule has 1 amide bonds. The fourth-order valence-electron chi connectivity index (χ4n) is 5.20. The van der Waals surface area contributed by atoms with Gasteiger partial charge in [0, 0.05) is 6.04 Å². The Morgan fingerprint density at radius 1 is 1.23 bits per heavy atom. The van der Waals surface area contributed by atoms with Crippen LogP contribution in [0.5, 0.6) is 0 Å². The third kappa shape index (κ3) is 3.46. The van der Waals surface area contributed by atoms with Crippen LogP contribution >= 0.6 is 23.8 Å². The number of hydrogen-bond donors (Lipinski definition) is 2. The molecule has 3 aliphatic rings. The lowest BCUT2D eigenvalue weighted by Gasteiger charge is -2.25. The van der Waals surface area contributed by atoms with Crippen LogP contribution in [-0.2, 0) is 5.41 Å². The van der Waals surface area contributed by atoms with Crippen LogP contribution in [0, 0.1) is 11.3 Å². The van der Waals surface area contributed by atoms with E-state index in [1.165, 1.54) is 0 Å². The van der Waals surface area contributed by atoms with Crippen molar-refractivity contribution in [1.82, 2.24) is 10.2 Å². The second-order valence-electron chi connectivity index (χ2n) is 8.83. The first kappa shape index (κ1) is 20.3. The van der Waals surface area contributed by atoms with Gasteiger partial charge in [-0.15, -0.1) is 0 Å². The first-order chi connectivity index (χ1) is 14.9. The summed E-state index contributed by atoms with van der Waals surface area (Å²) in [4.78, 5) is 15.0. The van der Waals surface area contributed by atoms with Crippen molar-refractivity contribution in [2.45, 2.75) is 55.6 Å². The zero-order chi connectivity index (χ0) is 21.8. The number of benzene rings is 2. The average Bonchev–Trinajstić information content (AvgIpc) is 3.36. The topological polar surface area (TPSA) is 82.2 Å². The van der Waals surface area contributed by atoms with E-state index in [1.54, 1.807) is 6.07 Å². The van der Waals surface area contributed by atoms with Gasteiger partial charge in [-0.3, -0.25) is 4.79 Å². The molecule has 2 aromatic rings. The zero-order valence-electron chi connectivity index (χ0n) is 17.0. The third-order valence-electron chi connectivity index (χ3n) is 7.03. The van der Waals surface area contributed by atoms with Crippen LogP contribution in [0.2, 0.25) is 5.02 Å². The van der Waals surface area contributed by atoms with Gasteiger partial charge in [0.25, 0.3) is 5.91 Å². The van der Waals surface area contributed by atoms with Crippen LogP contribution in [0.4, 0.5) is 0 Å². The predicted octanol–water partition coefficient (Wildman–Crippen LogP) is 4.14. The molecule has 0 spiro atoms. The number of thiocarbonyl (C=S) groups is 1. The predicted molar refractivity (Wildman–Crippen MR) is 125 cm³/mol. The van der Waals surface area contributed by atoms with Crippen molar-refractivity contribution in [3.05, 3.63) is 58.6 Å². The van der Waals surface area contributed by atoms with Crippen LogP contribution in [0.25, 0.3) is 11.1 Å². The average molecular weight is 451 g/mol. The van der Waals surface area contributed by atoms with Gasteiger partial charge in [-0.25, -0.2) is 0 Å². The number of carbonyl (C=O) groups excluding carboxylic acids is 1. The highest BCUT2D eigenvalue weighted by molar-refractivity contribution is 7.80. The standard InChI is InChI=1S/C24H23ClN4OS/c25-19-11-15(14-2-1-3-16(10-14)24(13-26)8-9-24)4-6-18(19)22(30)28-20-12-17-5-7-21(20)29(17)23(27)31/h1-4,6,10-11,17,20-21H,5,7-9,12H2,(H2,27,31)(H,28,30)/t17-,20+,21+/m0/s1. The molecule has 0 unspecified atom stereocenters. The molecule has 5 rings (SSSR count). The SMILES string of the molecule is N#CC1(c2cccc(-c3ccc(C(=O)N[C@@H]4C[C@@H]5CC[C@H]4N5C(N)=S)c(Cl)c3)c2)CC1. The molecule has 0 aromatic heterocycles. The van der Waals surface area contributed by atoms with Crippen LogP contribution in [-0.4, -0.2) is 34.0 Å². The first-order valence-electron chi connectivity index (χ1n) is 10.6. The summed E-state index contributed by atoms with van der Waals surface area (Å²) in [7, 11) is 0. The van der Waals surface area contributed by atoms with Gasteiger partial charge < -0.3 is 16.0 Å². The van der Waals surface area contributed by atoms with Gasteiger partial charge in [0.1, 0.15) is 0 Å². The van der Waals surface area contributed by atoms with Crippen LogP contribution in [0.15, 0.2) is 42.5 Å². The van der Waals surface area contributed by atoms with Crippen molar-refractivity contribution in [2.24, 2.45) is 5.73 Å². The van der Waals surface area contributed by atoms with Gasteiger partial charge in [-0.05, 0) is 79.2 Å². The van der Waals surface area contributed by atoms with Crippen LogP contribution in [0.3, 0.4) is 0 Å². The lowest BCUT2D eigenvalue weighted by atomic mass is 9.93. The molecular weight excluding hydrogens is 428 g/mol. The number of nitrogens with zero attached hydrogens (tertiary/aromatic N) is 2. The third-order valence-corrected chi connectivity index (χ3v) is 7.56. The number of carbonyl (C=O) groups is 1. The quantitative estimate of drug-likeness (QED) is 0.684. The zero-order valence-corrected chi connectivity index (χ0v) is 18.5. The summed E-state index contributed by atoms with van der Waals surface area (Å²) in [5.74, 6) is -0.174. The molecule has 2 heterocycles. The number of nitrogens with one attached hydrogen (secondary N) is 1. The smallest absolute Gasteiger partial charge is 0.253 e. The van der Waals surface area contributed by atoms with Crippen molar-refractivity contribution in [1.29, 1.82) is 5.26 Å². The molecule has 3 fully saturated rings. The Bertz CT molecular complexity index is 1120. The molecule has 1 aliphatic carbocycles. The number of nitrogens with two attached hydrogens (primary N) is 1. The Balaban J connectivity index is 1.34. The summed E-state index contributed by atoms with van der Waals surface area (Å²) in [5.41, 5.74) is 8.97. The maximum Gasteiger partial charge on any atom is 0.253 e. The van der Waals surface area contributed by atoms with Gasteiger partial charge in [0.2, 0.25) is 0 Å². The molecule has 2 aromatic carbocycles. The maximum atomic E-state index is 12.9. The largest absolute Gasteiger partial charge is 0.376 e. The molecule has 2 aliphatic heterocycles. The molecule has 1 saturated carbocycles. The van der Waals surface area contributed by atoms with E-state index < -0.39 is 0 Å². The van der Waals surface area contributed by atoms with Crippen LogP contribution < -0.4 is 11.1 Å². The molecule has 7 heteroatoms. The van der Waals surface area contributed by atoms with Gasteiger partial charge in [0.15, 0.2) is 5.11 Å². The minimum absolute atomic E-state index is 0.0286. The Kier molecular flexibility index (Phi) is 4.91. The van der Waals surface area contributed by atoms with Gasteiger partial charge in [0.05, 0.1) is 34.2 Å². The number of amides is 1. The second kappa shape index (κ2) is 7.51. The first-order valence-corrected chi connectivity index (χ1v) is 11.4. The molecule has 3 N–H and O–H groups in total. The van der Waals surface area contributed by atoms with E-state index in [9.17, 15) is 10.1 Å². The number of rotatable bonds is 4. The number of hydrogen-bond acceptors (Lipinski definition) is 3. The Hall–Kier alpha value is -2.62. The maximum absolute atomic E-state index is 12.9. The van der Waals surface area contributed by atoms with Crippen molar-refractivity contribution in [2.75, 3.05) is 0 Å². The summed E-state index contributed by atoms with van der Waals surface area (Å²) in [6.07, 6.45) is 4.72. The van der Waals surface area contributed by atoms with Gasteiger partial charge in [-0.1, -0.05) is 35.9 Å². The van der Waals surface area contributed by atoms with Gasteiger partial charge >= 0.3 is 0 Å². The second-order valence-corrected chi connectivity index (χ2v) is 9.65. The summed E-state index contributed by atoms with van der Waals surface area (Å²) >= 11 is 11.7. The number of halogens is 1. The van der Waals surface area contributed by atoms with Gasteiger partial charge in [-0.2, -0.15) is 5.26 Å². The van der Waals surface area contributed by atoms with E-state index in [4.69, 9.17) is 29.6 Å². The highest BCUT2D eigenvalue weighted by Gasteiger charge is 2.47. The normalized spacial score (nSPS) is 25.2. The number of fused-ring (bicyclic) bond motifs is 2. The summed E-state index contributed by atoms with van der Waals surface area (Å²) in [6, 6.07) is 16.5. The summed E-state index contributed by atoms with van der Waals surface area (Å²) in [6.45, 7) is 0. The molecule has 3 atom stereocenters. The summed E-state index contributed by atoms with van der Waals surface area (Å²) in [5, 5.41) is 13.5. The minimum atomic E-state index is -0.333. The minimum Gasteiger partial charge on any atom is -0.376 e. The highest BCUT2D eigenvalue weighted by Crippen LogP contribution is 2.48. The Morgan fingerprint density at radius 2 is 2.00 bits per heavy atom. The Labute approximate surface area is 192 Å². The molecule has 2 saturated heterocycles. The molecular formula is C24H23ClN4OS. The summed E-state index contributed by atoms with van der Waals surface area (Å²) < 4.78 is 0. The fraction of sp³-hybridized carbons (Fsp3) is 0.375. The molecule has 158 valence electrons. The lowest BCUT2D eigenvalue weighted by molar-refractivity contribution is 0.0929. The molecule has 5 nitrogen and oxygen atoms in total. The van der Waals surface area contributed by atoms with E-state index in [-0.39, 0.29) is 23.4 Å². The van der Waals surface area contributed by atoms with E-state index >= 15 is 0 Å². The van der Waals surface area contributed by atoms with E-state index in [0.29, 0.717) is 21.7 Å². The van der Waals surface area contributed by atoms with E-state index in [2.05, 4.69) is 22.4 Å².